The summed E-state index contributed by atoms with van der Waals surface area (Å²) in [6.45, 7) is 3.97. The molecule has 0 spiro atoms. The second-order valence-corrected chi connectivity index (χ2v) is 8.94. The number of pyridine rings is 1. The van der Waals surface area contributed by atoms with Gasteiger partial charge in [0.1, 0.15) is 5.69 Å². The minimum absolute atomic E-state index is 0.00643. The van der Waals surface area contributed by atoms with Gasteiger partial charge >= 0.3 is 0 Å². The van der Waals surface area contributed by atoms with Gasteiger partial charge in [-0.05, 0) is 55.3 Å². The summed E-state index contributed by atoms with van der Waals surface area (Å²) in [6.07, 6.45) is 8.61. The van der Waals surface area contributed by atoms with Gasteiger partial charge in [-0.15, -0.1) is 0 Å². The van der Waals surface area contributed by atoms with Crippen LogP contribution in [0.2, 0.25) is 0 Å². The van der Waals surface area contributed by atoms with Crippen molar-refractivity contribution in [3.63, 3.8) is 0 Å². The highest BCUT2D eigenvalue weighted by atomic mass is 16.1. The van der Waals surface area contributed by atoms with Gasteiger partial charge in [0.2, 0.25) is 5.91 Å². The van der Waals surface area contributed by atoms with E-state index in [-0.39, 0.29) is 5.91 Å². The molecule has 2 aromatic carbocycles. The molecule has 0 aliphatic heterocycles. The van der Waals surface area contributed by atoms with Crippen molar-refractivity contribution in [2.45, 2.75) is 26.7 Å². The Morgan fingerprint density at radius 3 is 2.78 bits per heavy atom. The first kappa shape index (κ1) is 21.8. The van der Waals surface area contributed by atoms with Gasteiger partial charge in [-0.25, -0.2) is 4.98 Å². The monoisotopic (exact) mass is 475 g/mol. The average molecular weight is 476 g/mol. The molecule has 0 saturated heterocycles. The highest BCUT2D eigenvalue weighted by Gasteiger charge is 2.15. The first-order valence-electron chi connectivity index (χ1n) is 12.0. The Hall–Kier alpha value is -4.72. The summed E-state index contributed by atoms with van der Waals surface area (Å²) in [4.78, 5) is 24.3. The Bertz CT molecular complexity index is 1720. The third-order valence-electron chi connectivity index (χ3n) is 6.28. The number of nitrogens with one attached hydrogen (secondary N) is 3. The molecule has 178 valence electrons. The molecule has 36 heavy (non-hydrogen) atoms. The number of hydrogen-bond acceptors (Lipinski definition) is 4. The van der Waals surface area contributed by atoms with Crippen LogP contribution in [0.25, 0.3) is 50.0 Å². The van der Waals surface area contributed by atoms with Gasteiger partial charge < -0.3 is 14.9 Å². The smallest absolute Gasteiger partial charge is 0.224 e. The highest BCUT2D eigenvalue weighted by molar-refractivity contribution is 5.99. The van der Waals surface area contributed by atoms with E-state index in [1.807, 2.05) is 55.2 Å². The summed E-state index contributed by atoms with van der Waals surface area (Å²) < 4.78 is 2.04. The number of aryl methyl sites for hydroxylation is 1. The fraction of sp³-hybridized carbons (Fsp3) is 0.143. The number of amides is 1. The number of imidazole rings is 1. The Kier molecular flexibility index (Phi) is 5.33. The van der Waals surface area contributed by atoms with Crippen LogP contribution in [-0.2, 0) is 4.79 Å². The Morgan fingerprint density at radius 2 is 1.94 bits per heavy atom. The number of fused-ring (bicyclic) bond motifs is 2. The summed E-state index contributed by atoms with van der Waals surface area (Å²) in [5.41, 5.74) is 8.38. The largest absolute Gasteiger partial charge is 0.353 e. The Morgan fingerprint density at radius 1 is 1.03 bits per heavy atom. The third kappa shape index (κ3) is 3.92. The molecular formula is C28H25N7O. The number of benzene rings is 2. The van der Waals surface area contributed by atoms with Gasteiger partial charge in [0.15, 0.2) is 0 Å². The molecule has 0 unspecified atom stereocenters. The van der Waals surface area contributed by atoms with Crippen LogP contribution in [0.5, 0.6) is 0 Å². The van der Waals surface area contributed by atoms with Gasteiger partial charge in [-0.3, -0.25) is 14.9 Å². The van der Waals surface area contributed by atoms with Crippen molar-refractivity contribution >= 4 is 33.4 Å². The number of rotatable bonds is 6. The second-order valence-electron chi connectivity index (χ2n) is 8.94. The maximum atomic E-state index is 12.0. The number of carbonyl (C=O) groups is 1. The molecule has 1 amide bonds. The van der Waals surface area contributed by atoms with E-state index in [1.54, 1.807) is 12.4 Å². The Labute approximate surface area is 207 Å². The molecule has 6 aromatic rings. The van der Waals surface area contributed by atoms with E-state index < -0.39 is 0 Å². The van der Waals surface area contributed by atoms with Crippen molar-refractivity contribution in [2.75, 3.05) is 5.32 Å². The summed E-state index contributed by atoms with van der Waals surface area (Å²) in [7, 11) is 0. The minimum Gasteiger partial charge on any atom is -0.353 e. The van der Waals surface area contributed by atoms with E-state index in [0.29, 0.717) is 12.1 Å². The van der Waals surface area contributed by atoms with Crippen molar-refractivity contribution < 1.29 is 4.79 Å². The lowest BCUT2D eigenvalue weighted by Gasteiger charge is -2.07. The van der Waals surface area contributed by atoms with E-state index in [4.69, 9.17) is 0 Å². The summed E-state index contributed by atoms with van der Waals surface area (Å²) >= 11 is 0. The number of carbonyl (C=O) groups excluding carboxylic acids is 1. The van der Waals surface area contributed by atoms with Gasteiger partial charge in [0, 0.05) is 40.7 Å². The van der Waals surface area contributed by atoms with Crippen LogP contribution < -0.4 is 5.32 Å². The molecule has 3 N–H and O–H groups in total. The van der Waals surface area contributed by atoms with Crippen LogP contribution in [0.1, 0.15) is 25.5 Å². The fourth-order valence-electron chi connectivity index (χ4n) is 4.56. The van der Waals surface area contributed by atoms with Crippen molar-refractivity contribution in [2.24, 2.45) is 0 Å². The SMILES string of the molecule is CCCC(=O)Nc1cncc(-c2ccc3[nH]nc(-c4cc5c(-n6cnc(C)c6)cccc5[nH]4)c3c2)c1. The van der Waals surface area contributed by atoms with E-state index in [9.17, 15) is 4.79 Å². The molecule has 0 aliphatic carbocycles. The first-order valence-corrected chi connectivity index (χ1v) is 12.0. The molecule has 0 fully saturated rings. The molecular weight excluding hydrogens is 450 g/mol. The van der Waals surface area contributed by atoms with E-state index in [0.717, 1.165) is 62.1 Å². The molecule has 0 bridgehead atoms. The molecule has 0 saturated carbocycles. The highest BCUT2D eigenvalue weighted by Crippen LogP contribution is 2.33. The first-order chi connectivity index (χ1) is 17.6. The predicted molar refractivity (Wildman–Crippen MR) is 142 cm³/mol. The number of aromatic amines is 2. The zero-order chi connectivity index (χ0) is 24.6. The molecule has 4 aromatic heterocycles. The lowest BCUT2D eigenvalue weighted by Crippen LogP contribution is -2.10. The van der Waals surface area contributed by atoms with Crippen LogP contribution in [0, 0.1) is 6.92 Å². The van der Waals surface area contributed by atoms with Crippen molar-refractivity contribution in [3.8, 4) is 28.2 Å². The standard InChI is InChI=1S/C28H25N7O/c1-3-5-27(36)31-20-10-19(13-29-14-20)18-8-9-24-22(11-18)28(34-33-24)25-12-21-23(32-25)6-4-7-26(21)35-15-17(2)30-16-35/h4,6-16,32H,3,5H2,1-2H3,(H,31,36)(H,33,34). The van der Waals surface area contributed by atoms with Crippen LogP contribution >= 0.6 is 0 Å². The summed E-state index contributed by atoms with van der Waals surface area (Å²) in [6, 6.07) is 16.4. The molecule has 4 heterocycles. The van der Waals surface area contributed by atoms with E-state index in [1.165, 1.54) is 0 Å². The lowest BCUT2D eigenvalue weighted by molar-refractivity contribution is -0.116. The molecule has 0 radical (unpaired) electrons. The third-order valence-corrected chi connectivity index (χ3v) is 6.28. The summed E-state index contributed by atoms with van der Waals surface area (Å²) in [5, 5.41) is 12.8. The number of H-pyrrole nitrogens is 2. The normalized spacial score (nSPS) is 11.4. The molecule has 6 rings (SSSR count). The zero-order valence-corrected chi connectivity index (χ0v) is 20.0. The quantitative estimate of drug-likeness (QED) is 0.274. The van der Waals surface area contributed by atoms with Crippen molar-refractivity contribution in [3.05, 3.63) is 79.1 Å². The zero-order valence-electron chi connectivity index (χ0n) is 20.0. The van der Waals surface area contributed by atoms with Gasteiger partial charge in [0.05, 0.1) is 40.8 Å². The van der Waals surface area contributed by atoms with Gasteiger partial charge in [-0.1, -0.05) is 19.1 Å². The van der Waals surface area contributed by atoms with Crippen molar-refractivity contribution in [1.82, 2.24) is 29.7 Å². The van der Waals surface area contributed by atoms with E-state index >= 15 is 0 Å². The van der Waals surface area contributed by atoms with Crippen LogP contribution in [-0.4, -0.2) is 35.6 Å². The number of hydrogen-bond donors (Lipinski definition) is 3. The average Bonchev–Trinajstić information content (AvgIpc) is 3.61. The maximum absolute atomic E-state index is 12.0. The topological polar surface area (TPSA) is 104 Å². The molecule has 8 heteroatoms. The van der Waals surface area contributed by atoms with Crippen molar-refractivity contribution in [1.29, 1.82) is 0 Å². The Balaban J connectivity index is 1.40. The number of nitrogens with zero attached hydrogens (tertiary/aromatic N) is 4. The van der Waals surface area contributed by atoms with Crippen LogP contribution in [0.15, 0.2) is 73.4 Å². The van der Waals surface area contributed by atoms with E-state index in [2.05, 4.69) is 54.7 Å². The molecule has 0 atom stereocenters. The van der Waals surface area contributed by atoms with Crippen LogP contribution in [0.4, 0.5) is 5.69 Å². The lowest BCUT2D eigenvalue weighted by atomic mass is 10.0. The molecule has 8 nitrogen and oxygen atoms in total. The minimum atomic E-state index is -0.00643. The predicted octanol–water partition coefficient (Wildman–Crippen LogP) is 6.01. The van der Waals surface area contributed by atoms with Gasteiger partial charge in [0.25, 0.3) is 0 Å². The number of anilines is 1. The maximum Gasteiger partial charge on any atom is 0.224 e. The fourth-order valence-corrected chi connectivity index (χ4v) is 4.56. The molecule has 0 aliphatic rings. The van der Waals surface area contributed by atoms with Crippen LogP contribution in [0.3, 0.4) is 0 Å². The van der Waals surface area contributed by atoms with Gasteiger partial charge in [-0.2, -0.15) is 5.10 Å². The summed E-state index contributed by atoms with van der Waals surface area (Å²) in [5.74, 6) is -0.00643. The number of aromatic nitrogens is 6. The second kappa shape index (κ2) is 8.81.